The Morgan fingerprint density at radius 1 is 0.393 bits per heavy atom. The van der Waals surface area contributed by atoms with Crippen LogP contribution in [0.25, 0.3) is 54.5 Å². The van der Waals surface area contributed by atoms with Crippen molar-refractivity contribution in [3.63, 3.8) is 0 Å². The zero-order valence-corrected chi connectivity index (χ0v) is 32.4. The van der Waals surface area contributed by atoms with Gasteiger partial charge in [-0.25, -0.2) is 0 Å². The van der Waals surface area contributed by atoms with Crippen molar-refractivity contribution in [3.05, 3.63) is 149 Å². The highest BCUT2D eigenvalue weighted by Crippen LogP contribution is 2.29. The predicted molar refractivity (Wildman–Crippen MR) is 236 cm³/mol. The molecule has 3 aliphatic heterocycles. The van der Waals surface area contributed by atoms with Crippen LogP contribution < -0.4 is 0 Å². The van der Waals surface area contributed by atoms with Crippen LogP contribution in [-0.2, 0) is 19.3 Å². The predicted octanol–water partition coefficient (Wildman–Crippen LogP) is 10.6. The third-order valence-electron chi connectivity index (χ3n) is 11.3. The van der Waals surface area contributed by atoms with Gasteiger partial charge in [0.1, 0.15) is 0 Å². The van der Waals surface area contributed by atoms with E-state index >= 15 is 0 Å². The minimum absolute atomic E-state index is 0.931. The Labute approximate surface area is 325 Å². The van der Waals surface area contributed by atoms with Crippen LogP contribution in [0.3, 0.4) is 0 Å². The van der Waals surface area contributed by atoms with Crippen LogP contribution in [0.2, 0.25) is 0 Å². The van der Waals surface area contributed by atoms with E-state index in [1.165, 1.54) is 82.8 Å². The lowest BCUT2D eigenvalue weighted by atomic mass is 10.0. The van der Waals surface area contributed by atoms with Crippen LogP contribution >= 0.6 is 0 Å². The zero-order chi connectivity index (χ0) is 38.2. The van der Waals surface area contributed by atoms with Gasteiger partial charge in [-0.1, -0.05) is 72.8 Å². The van der Waals surface area contributed by atoms with Crippen LogP contribution in [-0.4, -0.2) is 61.7 Å². The molecule has 0 unspecified atom stereocenters. The van der Waals surface area contributed by atoms with Crippen molar-refractivity contribution in [2.45, 2.75) is 47.0 Å². The van der Waals surface area contributed by atoms with E-state index in [0.29, 0.717) is 0 Å². The maximum atomic E-state index is 4.45. The van der Waals surface area contributed by atoms with Gasteiger partial charge in [0.05, 0.1) is 45.4 Å². The summed E-state index contributed by atoms with van der Waals surface area (Å²) in [5.41, 5.74) is 18.5. The summed E-state index contributed by atoms with van der Waals surface area (Å²) in [6.45, 7) is 11.0. The van der Waals surface area contributed by atoms with Gasteiger partial charge < -0.3 is 19.9 Å². The van der Waals surface area contributed by atoms with Gasteiger partial charge in [0.25, 0.3) is 0 Å². The molecular formula is C48H46N8. The second-order valence-electron chi connectivity index (χ2n) is 14.7. The summed E-state index contributed by atoms with van der Waals surface area (Å²) in [5.74, 6) is 0. The molecule has 0 bridgehead atoms. The minimum Gasteiger partial charge on any atom is -0.353 e. The van der Waals surface area contributed by atoms with E-state index in [-0.39, 0.29) is 0 Å². The Bertz CT molecular complexity index is 2750. The monoisotopic (exact) mass is 734 g/mol. The summed E-state index contributed by atoms with van der Waals surface area (Å²) in [6.07, 6.45) is 5.06. The lowest BCUT2D eigenvalue weighted by Crippen LogP contribution is -2.08. The highest BCUT2D eigenvalue weighted by molar-refractivity contribution is 6.08. The van der Waals surface area contributed by atoms with Gasteiger partial charge in [-0.05, 0) is 94.0 Å². The lowest BCUT2D eigenvalue weighted by molar-refractivity contribution is 0.945. The van der Waals surface area contributed by atoms with Crippen molar-refractivity contribution in [2.24, 2.45) is 15.0 Å². The average Bonchev–Trinajstić information content (AvgIpc) is 4.01. The number of nitrogens with zero attached hydrogens (tertiary/aromatic N) is 4. The molecular weight excluding hydrogens is 689 g/mol. The van der Waals surface area contributed by atoms with Gasteiger partial charge in [-0.2, -0.15) is 0 Å². The SMILES string of the molecule is CC1=NCCc2c1[nH]c1ccccc21.CC1=NCCc2c1[nH]c1ccccc21.CC1=NCCc2c1[nH]c1ccccc21.Cc1nccc2c1[nH]c1ccccc12. The van der Waals surface area contributed by atoms with Crippen molar-refractivity contribution >= 4 is 71.6 Å². The molecule has 4 aromatic carbocycles. The zero-order valence-electron chi connectivity index (χ0n) is 32.4. The van der Waals surface area contributed by atoms with Crippen LogP contribution in [0.1, 0.15) is 60.2 Å². The first-order valence-corrected chi connectivity index (χ1v) is 19.6. The summed E-state index contributed by atoms with van der Waals surface area (Å²) in [5, 5.41) is 6.60. The van der Waals surface area contributed by atoms with Gasteiger partial charge in [0.2, 0.25) is 0 Å². The Kier molecular flexibility index (Phi) is 9.39. The number of aliphatic imine (C=N–C) groups is 3. The molecule has 5 aromatic heterocycles. The van der Waals surface area contributed by atoms with E-state index in [1.54, 1.807) is 0 Å². The van der Waals surface area contributed by atoms with Crippen LogP contribution in [0.5, 0.6) is 0 Å². The quantitative estimate of drug-likeness (QED) is 0.122. The van der Waals surface area contributed by atoms with Crippen LogP contribution in [0.4, 0.5) is 0 Å². The Morgan fingerprint density at radius 2 is 0.750 bits per heavy atom. The number of nitrogens with one attached hydrogen (secondary N) is 4. The topological polar surface area (TPSA) is 113 Å². The molecule has 0 atom stereocenters. The highest BCUT2D eigenvalue weighted by Gasteiger charge is 2.18. The van der Waals surface area contributed by atoms with Crippen molar-refractivity contribution in [2.75, 3.05) is 19.6 Å². The van der Waals surface area contributed by atoms with E-state index in [4.69, 9.17) is 0 Å². The molecule has 0 amide bonds. The van der Waals surface area contributed by atoms with E-state index < -0.39 is 0 Å². The molecule has 8 heteroatoms. The van der Waals surface area contributed by atoms with E-state index in [1.807, 2.05) is 19.2 Å². The second kappa shape index (κ2) is 14.9. The summed E-state index contributed by atoms with van der Waals surface area (Å²) < 4.78 is 0. The molecule has 3 aliphatic rings. The first kappa shape index (κ1) is 35.2. The molecule has 0 radical (unpaired) electrons. The van der Waals surface area contributed by atoms with Gasteiger partial charge in [0, 0.05) is 74.8 Å². The largest absolute Gasteiger partial charge is 0.353 e. The number of aromatic amines is 4. The van der Waals surface area contributed by atoms with Crippen molar-refractivity contribution in [3.8, 4) is 0 Å². The minimum atomic E-state index is 0.931. The highest BCUT2D eigenvalue weighted by atomic mass is 14.8. The number of aryl methyl sites for hydroxylation is 1. The molecule has 278 valence electrons. The van der Waals surface area contributed by atoms with Gasteiger partial charge in [0.15, 0.2) is 0 Å². The fourth-order valence-corrected chi connectivity index (χ4v) is 8.46. The maximum Gasteiger partial charge on any atom is 0.0681 e. The molecule has 8 nitrogen and oxygen atoms in total. The molecule has 0 saturated carbocycles. The average molecular weight is 735 g/mol. The smallest absolute Gasteiger partial charge is 0.0681 e. The third-order valence-corrected chi connectivity index (χ3v) is 11.3. The molecule has 0 spiro atoms. The molecule has 56 heavy (non-hydrogen) atoms. The van der Waals surface area contributed by atoms with E-state index in [2.05, 4.69) is 158 Å². The molecule has 0 aliphatic carbocycles. The lowest BCUT2D eigenvalue weighted by Gasteiger charge is -2.08. The van der Waals surface area contributed by atoms with Gasteiger partial charge >= 0.3 is 0 Å². The molecule has 4 N–H and O–H groups in total. The van der Waals surface area contributed by atoms with E-state index in [9.17, 15) is 0 Å². The molecule has 8 heterocycles. The van der Waals surface area contributed by atoms with Crippen LogP contribution in [0, 0.1) is 6.92 Å². The first-order valence-electron chi connectivity index (χ1n) is 19.6. The number of aromatic nitrogens is 5. The molecule has 9 aromatic rings. The molecule has 0 saturated heterocycles. The summed E-state index contributed by atoms with van der Waals surface area (Å²) in [6, 6.07) is 35.8. The Balaban J connectivity index is 0.0000000975. The number of H-pyrrole nitrogens is 4. The first-order chi connectivity index (χ1) is 27.4. The maximum absolute atomic E-state index is 4.45. The van der Waals surface area contributed by atoms with Crippen LogP contribution in [0.15, 0.2) is 124 Å². The summed E-state index contributed by atoms with van der Waals surface area (Å²) in [7, 11) is 0. The van der Waals surface area contributed by atoms with Gasteiger partial charge in [-0.15, -0.1) is 0 Å². The standard InChI is InChI=1S/3C12H12N2.C12H10N2/c4*1-8-12-10(6-7-13-8)9-4-2-3-5-11(9)14-12/h3*2-5,14H,6-7H2,1H3;2-7,14H,1H3. The Morgan fingerprint density at radius 3 is 1.16 bits per heavy atom. The molecule has 12 rings (SSSR count). The van der Waals surface area contributed by atoms with Crippen molar-refractivity contribution in [1.82, 2.24) is 24.9 Å². The normalized spacial score (nSPS) is 14.3. The number of pyridine rings is 1. The summed E-state index contributed by atoms with van der Waals surface area (Å²) >= 11 is 0. The molecule has 0 fully saturated rings. The Hall–Kier alpha value is -6.54. The van der Waals surface area contributed by atoms with Gasteiger partial charge in [-0.3, -0.25) is 20.0 Å². The summed E-state index contributed by atoms with van der Waals surface area (Å²) in [4.78, 5) is 31.3. The van der Waals surface area contributed by atoms with Crippen molar-refractivity contribution < 1.29 is 0 Å². The van der Waals surface area contributed by atoms with E-state index in [0.717, 1.165) is 67.2 Å². The number of hydrogen-bond acceptors (Lipinski definition) is 4. The number of hydrogen-bond donors (Lipinski definition) is 4. The fraction of sp³-hybridized carbons (Fsp3) is 0.208. The van der Waals surface area contributed by atoms with Crippen molar-refractivity contribution in [1.29, 1.82) is 0 Å². The number of para-hydroxylation sites is 4. The fourth-order valence-electron chi connectivity index (χ4n) is 8.46. The number of rotatable bonds is 0. The number of benzene rings is 4. The third kappa shape index (κ3) is 6.51. The number of fused-ring (bicyclic) bond motifs is 12. The second-order valence-corrected chi connectivity index (χ2v) is 14.7.